The monoisotopic (exact) mass is 279 g/mol. The third-order valence-corrected chi connectivity index (χ3v) is 3.13. The van der Waals surface area contributed by atoms with E-state index < -0.39 is 0 Å². The maximum atomic E-state index is 13.7. The fourth-order valence-corrected chi connectivity index (χ4v) is 1.99. The van der Waals surface area contributed by atoms with E-state index in [1.165, 1.54) is 6.07 Å². The van der Waals surface area contributed by atoms with Gasteiger partial charge in [0.15, 0.2) is 0 Å². The van der Waals surface area contributed by atoms with Gasteiger partial charge in [-0.05, 0) is 42.8 Å². The minimum absolute atomic E-state index is 0.0363. The minimum atomic E-state index is -0.359. The van der Waals surface area contributed by atoms with Crippen LogP contribution in [0.3, 0.4) is 0 Å². The zero-order valence-electron chi connectivity index (χ0n) is 10.8. The number of ether oxygens (including phenoxy) is 1. The highest BCUT2D eigenvalue weighted by atomic mass is 35.5. The summed E-state index contributed by atoms with van der Waals surface area (Å²) < 4.78 is 18.9. The van der Waals surface area contributed by atoms with E-state index in [-0.39, 0.29) is 11.9 Å². The van der Waals surface area contributed by atoms with Crippen molar-refractivity contribution < 1.29 is 9.13 Å². The quantitative estimate of drug-likeness (QED) is 0.879. The van der Waals surface area contributed by atoms with Crippen molar-refractivity contribution in [1.29, 1.82) is 0 Å². The van der Waals surface area contributed by atoms with Gasteiger partial charge in [-0.1, -0.05) is 23.7 Å². The molecule has 0 saturated heterocycles. The van der Waals surface area contributed by atoms with E-state index in [0.29, 0.717) is 10.7 Å². The first-order valence-corrected chi connectivity index (χ1v) is 6.33. The van der Waals surface area contributed by atoms with E-state index in [9.17, 15) is 4.39 Å². The summed E-state index contributed by atoms with van der Waals surface area (Å²) in [5, 5.41) is 3.50. The number of benzene rings is 2. The van der Waals surface area contributed by atoms with Crippen molar-refractivity contribution in [1.82, 2.24) is 0 Å². The number of rotatable bonds is 4. The molecule has 0 aliphatic heterocycles. The lowest BCUT2D eigenvalue weighted by Gasteiger charge is -2.17. The molecule has 0 aliphatic carbocycles. The van der Waals surface area contributed by atoms with Gasteiger partial charge in [-0.3, -0.25) is 0 Å². The van der Waals surface area contributed by atoms with Gasteiger partial charge in [0.25, 0.3) is 0 Å². The number of hydrogen-bond donors (Lipinski definition) is 1. The van der Waals surface area contributed by atoms with Crippen LogP contribution in [-0.2, 0) is 0 Å². The summed E-state index contributed by atoms with van der Waals surface area (Å²) in [5.41, 5.74) is 1.45. The maximum Gasteiger partial charge on any atom is 0.147 e. The van der Waals surface area contributed by atoms with Crippen LogP contribution in [0.25, 0.3) is 0 Å². The van der Waals surface area contributed by atoms with Crippen LogP contribution in [0.5, 0.6) is 5.75 Å². The number of hydrogen-bond acceptors (Lipinski definition) is 2. The van der Waals surface area contributed by atoms with E-state index in [4.69, 9.17) is 16.3 Å². The van der Waals surface area contributed by atoms with Crippen LogP contribution in [-0.4, -0.2) is 7.11 Å². The molecule has 2 aromatic rings. The molecule has 1 N–H and O–H groups in total. The summed E-state index contributed by atoms with van der Waals surface area (Å²) in [6, 6.07) is 12.2. The summed E-state index contributed by atoms with van der Waals surface area (Å²) >= 11 is 5.73. The van der Waals surface area contributed by atoms with Crippen LogP contribution in [0.4, 0.5) is 10.1 Å². The van der Waals surface area contributed by atoms with Crippen molar-refractivity contribution in [2.24, 2.45) is 0 Å². The Morgan fingerprint density at radius 1 is 1.21 bits per heavy atom. The van der Waals surface area contributed by atoms with Gasteiger partial charge in [-0.2, -0.15) is 0 Å². The normalized spacial score (nSPS) is 12.0. The van der Waals surface area contributed by atoms with Crippen molar-refractivity contribution in [3.63, 3.8) is 0 Å². The van der Waals surface area contributed by atoms with Gasteiger partial charge in [0.05, 0.1) is 12.8 Å². The first-order valence-electron chi connectivity index (χ1n) is 5.95. The molecule has 1 atom stereocenters. The first-order chi connectivity index (χ1) is 9.10. The third-order valence-electron chi connectivity index (χ3n) is 2.90. The van der Waals surface area contributed by atoms with Crippen LogP contribution in [0.15, 0.2) is 42.5 Å². The molecule has 0 spiro atoms. The van der Waals surface area contributed by atoms with Gasteiger partial charge in [0, 0.05) is 11.1 Å². The summed E-state index contributed by atoms with van der Waals surface area (Å²) in [4.78, 5) is 0. The third kappa shape index (κ3) is 3.38. The average Bonchev–Trinajstić information content (AvgIpc) is 2.42. The van der Waals surface area contributed by atoms with Crippen molar-refractivity contribution in [3.8, 4) is 5.75 Å². The predicted molar refractivity (Wildman–Crippen MR) is 76.4 cm³/mol. The molecule has 0 bridgehead atoms. The van der Waals surface area contributed by atoms with E-state index in [1.54, 1.807) is 19.2 Å². The molecule has 1 unspecified atom stereocenters. The Bertz CT molecular complexity index is 574. The Morgan fingerprint density at radius 3 is 2.68 bits per heavy atom. The fraction of sp³-hybridized carbons (Fsp3) is 0.200. The zero-order valence-corrected chi connectivity index (χ0v) is 11.5. The Hall–Kier alpha value is -1.74. The first kappa shape index (κ1) is 13.7. The van der Waals surface area contributed by atoms with Gasteiger partial charge in [0.2, 0.25) is 0 Å². The minimum Gasteiger partial charge on any atom is -0.497 e. The standard InChI is InChI=1S/C15H15ClFNO/c1-10(11-4-3-5-13(8-11)19-2)18-15-7-6-12(16)9-14(15)17/h3-10,18H,1-2H3. The van der Waals surface area contributed by atoms with Gasteiger partial charge in [0.1, 0.15) is 11.6 Å². The van der Waals surface area contributed by atoms with Crippen molar-refractivity contribution in [2.45, 2.75) is 13.0 Å². The lowest BCUT2D eigenvalue weighted by atomic mass is 10.1. The number of nitrogens with one attached hydrogen (secondary N) is 1. The molecule has 0 radical (unpaired) electrons. The summed E-state index contributed by atoms with van der Waals surface area (Å²) in [7, 11) is 1.62. The molecule has 0 amide bonds. The highest BCUT2D eigenvalue weighted by molar-refractivity contribution is 6.30. The van der Waals surface area contributed by atoms with E-state index in [1.807, 2.05) is 31.2 Å². The highest BCUT2D eigenvalue weighted by Gasteiger charge is 2.09. The van der Waals surface area contributed by atoms with E-state index in [0.717, 1.165) is 11.3 Å². The molecular weight excluding hydrogens is 265 g/mol. The van der Waals surface area contributed by atoms with Gasteiger partial charge >= 0.3 is 0 Å². The van der Waals surface area contributed by atoms with E-state index >= 15 is 0 Å². The summed E-state index contributed by atoms with van der Waals surface area (Å²) in [6.45, 7) is 1.96. The number of methoxy groups -OCH3 is 1. The van der Waals surface area contributed by atoms with Crippen LogP contribution < -0.4 is 10.1 Å². The molecule has 100 valence electrons. The predicted octanol–water partition coefficient (Wildman–Crippen LogP) is 4.66. The zero-order chi connectivity index (χ0) is 13.8. The lowest BCUT2D eigenvalue weighted by Crippen LogP contribution is -2.08. The van der Waals surface area contributed by atoms with Crippen molar-refractivity contribution in [3.05, 3.63) is 58.9 Å². The van der Waals surface area contributed by atoms with Crippen LogP contribution in [0, 0.1) is 5.82 Å². The molecule has 4 heteroatoms. The second-order valence-electron chi connectivity index (χ2n) is 4.27. The van der Waals surface area contributed by atoms with Crippen LogP contribution >= 0.6 is 11.6 Å². The molecule has 0 fully saturated rings. The van der Waals surface area contributed by atoms with Crippen molar-refractivity contribution in [2.75, 3.05) is 12.4 Å². The second-order valence-corrected chi connectivity index (χ2v) is 4.70. The Kier molecular flexibility index (Phi) is 4.27. The van der Waals surface area contributed by atoms with Crippen molar-refractivity contribution >= 4 is 17.3 Å². The second kappa shape index (κ2) is 5.93. The van der Waals surface area contributed by atoms with Crippen LogP contribution in [0.1, 0.15) is 18.5 Å². The van der Waals surface area contributed by atoms with Gasteiger partial charge in [-0.25, -0.2) is 4.39 Å². The molecule has 0 heterocycles. The molecule has 2 aromatic carbocycles. The lowest BCUT2D eigenvalue weighted by molar-refractivity contribution is 0.414. The molecular formula is C15H15ClFNO. The smallest absolute Gasteiger partial charge is 0.147 e. The molecule has 0 aromatic heterocycles. The summed E-state index contributed by atoms with van der Waals surface area (Å²) in [6.07, 6.45) is 0. The largest absolute Gasteiger partial charge is 0.497 e. The number of anilines is 1. The number of halogens is 2. The average molecular weight is 280 g/mol. The molecule has 2 rings (SSSR count). The molecule has 2 nitrogen and oxygen atoms in total. The Morgan fingerprint density at radius 2 is 2.00 bits per heavy atom. The van der Waals surface area contributed by atoms with Gasteiger partial charge in [-0.15, -0.1) is 0 Å². The Labute approximate surface area is 117 Å². The van der Waals surface area contributed by atoms with Crippen LogP contribution in [0.2, 0.25) is 5.02 Å². The molecule has 19 heavy (non-hydrogen) atoms. The topological polar surface area (TPSA) is 21.3 Å². The van der Waals surface area contributed by atoms with Gasteiger partial charge < -0.3 is 10.1 Å². The molecule has 0 saturated carbocycles. The fourth-order valence-electron chi connectivity index (χ4n) is 1.83. The maximum absolute atomic E-state index is 13.7. The highest BCUT2D eigenvalue weighted by Crippen LogP contribution is 2.25. The summed E-state index contributed by atoms with van der Waals surface area (Å²) in [5.74, 6) is 0.421. The van der Waals surface area contributed by atoms with E-state index in [2.05, 4.69) is 5.32 Å². The SMILES string of the molecule is COc1cccc(C(C)Nc2ccc(Cl)cc2F)c1. The molecule has 0 aliphatic rings. The Balaban J connectivity index is 2.17.